The molecule has 0 radical (unpaired) electrons. The number of aromatic hydroxyl groups is 1. The first-order chi connectivity index (χ1) is 7.24. The van der Waals surface area contributed by atoms with Crippen molar-refractivity contribution >= 4 is 0 Å². The van der Waals surface area contributed by atoms with Crippen molar-refractivity contribution in [3.05, 3.63) is 29.8 Å². The van der Waals surface area contributed by atoms with Crippen LogP contribution in [0.15, 0.2) is 24.3 Å². The van der Waals surface area contributed by atoms with Crippen LogP contribution in [-0.2, 0) is 0 Å². The summed E-state index contributed by atoms with van der Waals surface area (Å²) in [6, 6.07) is 6.45. The SMILES string of the molecule is CCCCC#CC(O)c1ccc(O)cc1. The van der Waals surface area contributed by atoms with Gasteiger partial charge in [0.2, 0.25) is 0 Å². The van der Waals surface area contributed by atoms with Crippen molar-refractivity contribution < 1.29 is 10.2 Å². The van der Waals surface area contributed by atoms with Gasteiger partial charge in [0, 0.05) is 6.42 Å². The number of aliphatic hydroxyl groups excluding tert-OH is 1. The van der Waals surface area contributed by atoms with E-state index in [1.807, 2.05) is 0 Å². The third-order valence-electron chi connectivity index (χ3n) is 2.10. The lowest BCUT2D eigenvalue weighted by atomic mass is 10.1. The van der Waals surface area contributed by atoms with E-state index in [0.717, 1.165) is 24.8 Å². The fourth-order valence-electron chi connectivity index (χ4n) is 1.17. The predicted molar refractivity (Wildman–Crippen MR) is 60.4 cm³/mol. The first-order valence-corrected chi connectivity index (χ1v) is 5.19. The van der Waals surface area contributed by atoms with Crippen molar-refractivity contribution in [1.29, 1.82) is 0 Å². The topological polar surface area (TPSA) is 40.5 Å². The summed E-state index contributed by atoms with van der Waals surface area (Å²) in [7, 11) is 0. The average Bonchev–Trinajstić information content (AvgIpc) is 2.25. The highest BCUT2D eigenvalue weighted by molar-refractivity contribution is 5.30. The van der Waals surface area contributed by atoms with E-state index >= 15 is 0 Å². The lowest BCUT2D eigenvalue weighted by molar-refractivity contribution is 0.238. The summed E-state index contributed by atoms with van der Waals surface area (Å²) in [4.78, 5) is 0. The van der Waals surface area contributed by atoms with Gasteiger partial charge in [0.15, 0.2) is 0 Å². The van der Waals surface area contributed by atoms with Crippen LogP contribution < -0.4 is 0 Å². The van der Waals surface area contributed by atoms with Crippen molar-refractivity contribution in [2.45, 2.75) is 32.3 Å². The third kappa shape index (κ3) is 4.05. The smallest absolute Gasteiger partial charge is 0.140 e. The molecule has 2 N–H and O–H groups in total. The first-order valence-electron chi connectivity index (χ1n) is 5.19. The minimum Gasteiger partial charge on any atom is -0.508 e. The molecule has 0 bridgehead atoms. The lowest BCUT2D eigenvalue weighted by Crippen LogP contribution is -1.92. The Balaban J connectivity index is 2.55. The Kier molecular flexibility index (Phi) is 4.73. The normalized spacial score (nSPS) is 11.6. The van der Waals surface area contributed by atoms with Gasteiger partial charge in [-0.25, -0.2) is 0 Å². The number of hydrogen-bond acceptors (Lipinski definition) is 2. The summed E-state index contributed by atoms with van der Waals surface area (Å²) in [5, 5.41) is 18.7. The molecule has 0 aliphatic heterocycles. The van der Waals surface area contributed by atoms with Crippen LogP contribution in [0.2, 0.25) is 0 Å². The highest BCUT2D eigenvalue weighted by atomic mass is 16.3. The van der Waals surface area contributed by atoms with Crippen molar-refractivity contribution in [2.75, 3.05) is 0 Å². The van der Waals surface area contributed by atoms with Crippen LogP contribution in [0.25, 0.3) is 0 Å². The largest absolute Gasteiger partial charge is 0.508 e. The molecule has 0 aromatic heterocycles. The van der Waals surface area contributed by atoms with Gasteiger partial charge in [0.05, 0.1) is 0 Å². The summed E-state index contributed by atoms with van der Waals surface area (Å²) in [5.74, 6) is 5.91. The fraction of sp³-hybridized carbons (Fsp3) is 0.385. The van der Waals surface area contributed by atoms with Crippen molar-refractivity contribution in [2.24, 2.45) is 0 Å². The fourth-order valence-corrected chi connectivity index (χ4v) is 1.17. The van der Waals surface area contributed by atoms with E-state index in [1.54, 1.807) is 24.3 Å². The Bertz CT molecular complexity index is 343. The standard InChI is InChI=1S/C13H16O2/c1-2-3-4-5-6-13(15)11-7-9-12(14)10-8-11/h7-10,13-15H,2-4H2,1H3. The molecule has 0 heterocycles. The van der Waals surface area contributed by atoms with Crippen LogP contribution in [0.3, 0.4) is 0 Å². The molecule has 0 aliphatic rings. The number of unbranched alkanes of at least 4 members (excludes halogenated alkanes) is 2. The zero-order valence-electron chi connectivity index (χ0n) is 8.90. The van der Waals surface area contributed by atoms with Gasteiger partial charge in [-0.1, -0.05) is 31.4 Å². The van der Waals surface area contributed by atoms with Gasteiger partial charge in [0.1, 0.15) is 11.9 Å². The van der Waals surface area contributed by atoms with Gasteiger partial charge >= 0.3 is 0 Å². The molecule has 1 aromatic rings. The molecule has 0 spiro atoms. The number of hydrogen-bond donors (Lipinski definition) is 2. The minimum atomic E-state index is -0.748. The summed E-state index contributed by atoms with van der Waals surface area (Å²) >= 11 is 0. The van der Waals surface area contributed by atoms with Crippen molar-refractivity contribution in [1.82, 2.24) is 0 Å². The van der Waals surface area contributed by atoms with Crippen molar-refractivity contribution in [3.63, 3.8) is 0 Å². The molecule has 1 unspecified atom stereocenters. The van der Waals surface area contributed by atoms with E-state index in [4.69, 9.17) is 5.11 Å². The number of phenolic OH excluding ortho intramolecular Hbond substituents is 1. The van der Waals surface area contributed by atoms with Gasteiger partial charge in [0.25, 0.3) is 0 Å². The maximum Gasteiger partial charge on any atom is 0.140 e. The molecule has 15 heavy (non-hydrogen) atoms. The number of rotatable bonds is 3. The van der Waals surface area contributed by atoms with E-state index in [0.29, 0.717) is 0 Å². The lowest BCUT2D eigenvalue weighted by Gasteiger charge is -2.02. The highest BCUT2D eigenvalue weighted by Crippen LogP contribution is 2.15. The second kappa shape index (κ2) is 6.10. The Hall–Kier alpha value is -1.46. The molecule has 1 aromatic carbocycles. The van der Waals surface area contributed by atoms with E-state index in [-0.39, 0.29) is 5.75 Å². The molecule has 2 nitrogen and oxygen atoms in total. The van der Waals surface area contributed by atoms with Gasteiger partial charge in [-0.3, -0.25) is 0 Å². The molecule has 1 atom stereocenters. The quantitative estimate of drug-likeness (QED) is 0.587. The van der Waals surface area contributed by atoms with E-state index in [1.165, 1.54) is 0 Å². The summed E-state index contributed by atoms with van der Waals surface area (Å²) in [5.41, 5.74) is 0.719. The van der Waals surface area contributed by atoms with Crippen LogP contribution >= 0.6 is 0 Å². The molecule has 0 saturated carbocycles. The van der Waals surface area contributed by atoms with Crippen LogP contribution in [0.4, 0.5) is 0 Å². The Morgan fingerprint density at radius 3 is 2.53 bits per heavy atom. The third-order valence-corrected chi connectivity index (χ3v) is 2.10. The molecule has 0 aliphatic carbocycles. The molecule has 2 heteroatoms. The maximum absolute atomic E-state index is 9.66. The number of phenols is 1. The molecule has 0 saturated heterocycles. The number of benzene rings is 1. The monoisotopic (exact) mass is 204 g/mol. The van der Waals surface area contributed by atoms with Crippen LogP contribution in [0.1, 0.15) is 37.9 Å². The summed E-state index contributed by atoms with van der Waals surface area (Å²) in [6.07, 6.45) is 2.26. The Labute approximate surface area is 90.6 Å². The average molecular weight is 204 g/mol. The van der Waals surface area contributed by atoms with Gasteiger partial charge in [-0.2, -0.15) is 0 Å². The maximum atomic E-state index is 9.66. The van der Waals surface area contributed by atoms with Crippen LogP contribution in [-0.4, -0.2) is 10.2 Å². The summed E-state index contributed by atoms with van der Waals surface area (Å²) < 4.78 is 0. The summed E-state index contributed by atoms with van der Waals surface area (Å²) in [6.45, 7) is 2.11. The molecular weight excluding hydrogens is 188 g/mol. The van der Waals surface area contributed by atoms with Gasteiger partial charge in [-0.15, -0.1) is 5.92 Å². The van der Waals surface area contributed by atoms with Crippen LogP contribution in [0.5, 0.6) is 5.75 Å². The minimum absolute atomic E-state index is 0.199. The number of aliphatic hydroxyl groups is 1. The second-order valence-electron chi connectivity index (χ2n) is 3.42. The molecule has 0 amide bonds. The van der Waals surface area contributed by atoms with Crippen molar-refractivity contribution in [3.8, 4) is 17.6 Å². The molecule has 0 fully saturated rings. The van der Waals surface area contributed by atoms with Gasteiger partial charge in [-0.05, 0) is 24.1 Å². The zero-order chi connectivity index (χ0) is 11.1. The predicted octanol–water partition coefficient (Wildman–Crippen LogP) is 2.62. The molecule has 80 valence electrons. The molecule has 1 rings (SSSR count). The van der Waals surface area contributed by atoms with E-state index < -0.39 is 6.10 Å². The Morgan fingerprint density at radius 2 is 1.93 bits per heavy atom. The zero-order valence-corrected chi connectivity index (χ0v) is 8.90. The van der Waals surface area contributed by atoms with E-state index in [9.17, 15) is 5.11 Å². The van der Waals surface area contributed by atoms with Gasteiger partial charge < -0.3 is 10.2 Å². The van der Waals surface area contributed by atoms with E-state index in [2.05, 4.69) is 18.8 Å². The highest BCUT2D eigenvalue weighted by Gasteiger charge is 2.02. The Morgan fingerprint density at radius 1 is 1.27 bits per heavy atom. The molecular formula is C13H16O2. The van der Waals surface area contributed by atoms with Crippen LogP contribution in [0, 0.1) is 11.8 Å². The second-order valence-corrected chi connectivity index (χ2v) is 3.42. The first kappa shape index (κ1) is 11.6.